The lowest BCUT2D eigenvalue weighted by Crippen LogP contribution is -2.40. The Labute approximate surface area is 142 Å². The van der Waals surface area contributed by atoms with Gasteiger partial charge in [-0.25, -0.2) is 4.39 Å². The van der Waals surface area contributed by atoms with E-state index in [4.69, 9.17) is 4.74 Å². The van der Waals surface area contributed by atoms with E-state index in [2.05, 4.69) is 5.32 Å². The number of β-amino-alcohol motifs (C(OH)–C–C–N with tert-alkyl or cyclic N) is 1. The fraction of sp³-hybridized carbons (Fsp3) is 0.611. The van der Waals surface area contributed by atoms with Crippen molar-refractivity contribution >= 4 is 5.91 Å². The smallest absolute Gasteiger partial charge is 0.222 e. The van der Waals surface area contributed by atoms with Crippen LogP contribution in [0.2, 0.25) is 0 Å². The molecule has 2 rings (SSSR count). The molecule has 24 heavy (non-hydrogen) atoms. The number of amides is 1. The number of nitrogens with zero attached hydrogens (tertiary/aromatic N) is 1. The molecule has 0 bridgehead atoms. The normalized spacial score (nSPS) is 18.9. The Morgan fingerprint density at radius 1 is 1.38 bits per heavy atom. The third kappa shape index (κ3) is 5.76. The van der Waals surface area contributed by atoms with Crippen LogP contribution in [0.5, 0.6) is 5.75 Å². The Morgan fingerprint density at radius 3 is 2.83 bits per heavy atom. The molecule has 0 aromatic heterocycles. The van der Waals surface area contributed by atoms with E-state index in [1.54, 1.807) is 12.1 Å². The van der Waals surface area contributed by atoms with Crippen LogP contribution in [0, 0.1) is 5.82 Å². The van der Waals surface area contributed by atoms with Crippen molar-refractivity contribution in [3.05, 3.63) is 30.1 Å². The molecular weight excluding hydrogens is 311 g/mol. The van der Waals surface area contributed by atoms with Crippen molar-refractivity contribution in [2.45, 2.75) is 44.8 Å². The summed E-state index contributed by atoms with van der Waals surface area (Å²) in [6.07, 6.45) is 2.54. The summed E-state index contributed by atoms with van der Waals surface area (Å²) < 4.78 is 18.3. The van der Waals surface area contributed by atoms with Gasteiger partial charge < -0.3 is 20.1 Å². The summed E-state index contributed by atoms with van der Waals surface area (Å²) in [6, 6.07) is 6.18. The van der Waals surface area contributed by atoms with Crippen molar-refractivity contribution in [3.8, 4) is 5.75 Å². The minimum atomic E-state index is -0.438. The number of aliphatic hydroxyl groups is 1. The Hall–Kier alpha value is -1.66. The van der Waals surface area contributed by atoms with Crippen molar-refractivity contribution in [1.82, 2.24) is 10.2 Å². The summed E-state index contributed by atoms with van der Waals surface area (Å²) >= 11 is 0. The van der Waals surface area contributed by atoms with Crippen LogP contribution in [-0.4, -0.2) is 54.3 Å². The molecule has 1 aliphatic rings. The van der Waals surface area contributed by atoms with Gasteiger partial charge in [-0.3, -0.25) is 4.79 Å². The van der Waals surface area contributed by atoms with E-state index >= 15 is 0 Å². The maximum absolute atomic E-state index is 12.8. The predicted molar refractivity (Wildman–Crippen MR) is 90.4 cm³/mol. The van der Waals surface area contributed by atoms with Gasteiger partial charge in [-0.05, 0) is 50.1 Å². The largest absolute Gasteiger partial charge is 0.492 e. The van der Waals surface area contributed by atoms with Gasteiger partial charge in [-0.15, -0.1) is 0 Å². The molecule has 0 aliphatic carbocycles. The first-order valence-corrected chi connectivity index (χ1v) is 8.66. The van der Waals surface area contributed by atoms with Crippen LogP contribution in [0.15, 0.2) is 24.3 Å². The first-order valence-electron chi connectivity index (χ1n) is 8.66. The Kier molecular flexibility index (Phi) is 7.46. The van der Waals surface area contributed by atoms with Crippen LogP contribution in [0.3, 0.4) is 0 Å². The number of ether oxygens (including phenoxy) is 1. The number of halogens is 1. The fourth-order valence-corrected chi connectivity index (χ4v) is 2.87. The van der Waals surface area contributed by atoms with Gasteiger partial charge in [-0.1, -0.05) is 6.92 Å². The van der Waals surface area contributed by atoms with Crippen molar-refractivity contribution < 1.29 is 19.0 Å². The van der Waals surface area contributed by atoms with Gasteiger partial charge in [0, 0.05) is 25.6 Å². The van der Waals surface area contributed by atoms with E-state index in [0.717, 1.165) is 19.4 Å². The van der Waals surface area contributed by atoms with E-state index in [1.807, 2.05) is 11.8 Å². The van der Waals surface area contributed by atoms with Crippen LogP contribution in [-0.2, 0) is 4.79 Å². The number of likely N-dealkylation sites (tertiary alicyclic amines) is 1. The first-order chi connectivity index (χ1) is 11.6. The molecule has 1 saturated heterocycles. The Balaban J connectivity index is 1.61. The minimum absolute atomic E-state index is 0.146. The van der Waals surface area contributed by atoms with Crippen molar-refractivity contribution in [1.29, 1.82) is 0 Å². The number of rotatable bonds is 10. The lowest BCUT2D eigenvalue weighted by atomic mass is 10.1. The average Bonchev–Trinajstić information content (AvgIpc) is 2.92. The predicted octanol–water partition coefficient (Wildman–Crippen LogP) is 1.95. The highest BCUT2D eigenvalue weighted by Crippen LogP contribution is 2.21. The van der Waals surface area contributed by atoms with Crippen molar-refractivity contribution in [2.75, 3.05) is 26.2 Å². The summed E-state index contributed by atoms with van der Waals surface area (Å²) in [5.74, 6) is 0.524. The summed E-state index contributed by atoms with van der Waals surface area (Å²) in [5, 5.41) is 13.1. The molecule has 1 amide bonds. The average molecular weight is 338 g/mol. The Bertz CT molecular complexity index is 509. The monoisotopic (exact) mass is 338 g/mol. The van der Waals surface area contributed by atoms with Gasteiger partial charge in [0.05, 0.1) is 6.10 Å². The second kappa shape index (κ2) is 9.59. The lowest BCUT2D eigenvalue weighted by molar-refractivity contribution is -0.130. The highest BCUT2D eigenvalue weighted by atomic mass is 19.1. The lowest BCUT2D eigenvalue weighted by Gasteiger charge is -2.27. The summed E-state index contributed by atoms with van der Waals surface area (Å²) in [7, 11) is 0. The number of carbonyl (C=O) groups is 1. The molecule has 1 aliphatic heterocycles. The van der Waals surface area contributed by atoms with E-state index in [1.165, 1.54) is 12.1 Å². The zero-order valence-corrected chi connectivity index (χ0v) is 14.2. The van der Waals surface area contributed by atoms with Crippen LogP contribution >= 0.6 is 0 Å². The topological polar surface area (TPSA) is 61.8 Å². The van der Waals surface area contributed by atoms with E-state index in [-0.39, 0.29) is 17.8 Å². The molecule has 1 aromatic rings. The van der Waals surface area contributed by atoms with E-state index in [0.29, 0.717) is 38.3 Å². The molecule has 0 spiro atoms. The Morgan fingerprint density at radius 2 is 2.12 bits per heavy atom. The number of benzene rings is 1. The third-order valence-corrected chi connectivity index (χ3v) is 4.35. The molecule has 2 N–H and O–H groups in total. The van der Waals surface area contributed by atoms with Crippen molar-refractivity contribution in [3.63, 3.8) is 0 Å². The van der Waals surface area contributed by atoms with Crippen LogP contribution in [0.1, 0.15) is 32.6 Å². The van der Waals surface area contributed by atoms with Gasteiger partial charge in [0.2, 0.25) is 5.91 Å². The number of hydrogen-bond donors (Lipinski definition) is 2. The maximum Gasteiger partial charge on any atom is 0.222 e. The molecule has 2 atom stereocenters. The molecule has 0 saturated carbocycles. The quantitative estimate of drug-likeness (QED) is 0.640. The molecule has 6 heteroatoms. The van der Waals surface area contributed by atoms with Gasteiger partial charge in [0.15, 0.2) is 0 Å². The zero-order valence-electron chi connectivity index (χ0n) is 14.2. The van der Waals surface area contributed by atoms with E-state index in [9.17, 15) is 14.3 Å². The molecule has 0 unspecified atom stereocenters. The summed E-state index contributed by atoms with van der Waals surface area (Å²) in [6.45, 7) is 4.35. The summed E-state index contributed by atoms with van der Waals surface area (Å²) in [4.78, 5) is 13.7. The fourth-order valence-electron chi connectivity index (χ4n) is 2.87. The van der Waals surface area contributed by atoms with Gasteiger partial charge in [0.1, 0.15) is 18.2 Å². The second-order valence-corrected chi connectivity index (χ2v) is 6.14. The molecule has 5 nitrogen and oxygen atoms in total. The van der Waals surface area contributed by atoms with E-state index < -0.39 is 6.10 Å². The first kappa shape index (κ1) is 18.7. The minimum Gasteiger partial charge on any atom is -0.492 e. The number of carbonyl (C=O) groups excluding carboxylic acids is 1. The highest BCUT2D eigenvalue weighted by Gasteiger charge is 2.31. The number of hydrogen-bond acceptors (Lipinski definition) is 4. The molecule has 0 radical (unpaired) electrons. The molecule has 1 aromatic carbocycles. The molecule has 1 heterocycles. The zero-order chi connectivity index (χ0) is 17.4. The van der Waals surface area contributed by atoms with Gasteiger partial charge >= 0.3 is 0 Å². The van der Waals surface area contributed by atoms with Crippen LogP contribution in [0.25, 0.3) is 0 Å². The SMILES string of the molecule is CC[C@@H](O)CN1C(=O)CC[C@H]1CCNCCOc1ccc(F)cc1. The standard InChI is InChI=1S/C18H27FN2O3/c1-2-16(22)13-21-15(5-8-18(21)23)9-10-20-11-12-24-17-6-3-14(19)4-7-17/h3-4,6-7,15-16,20,22H,2,5,8-13H2,1H3/t15-,16+/m0/s1. The molecule has 134 valence electrons. The van der Waals surface area contributed by atoms with Crippen LogP contribution in [0.4, 0.5) is 4.39 Å². The van der Waals surface area contributed by atoms with Gasteiger partial charge in [-0.2, -0.15) is 0 Å². The molecule has 1 fully saturated rings. The maximum atomic E-state index is 12.8. The second-order valence-electron chi connectivity index (χ2n) is 6.14. The third-order valence-electron chi connectivity index (χ3n) is 4.35. The number of nitrogens with one attached hydrogen (secondary N) is 1. The molecular formula is C18H27FN2O3. The number of aliphatic hydroxyl groups excluding tert-OH is 1. The highest BCUT2D eigenvalue weighted by molar-refractivity contribution is 5.78. The van der Waals surface area contributed by atoms with Gasteiger partial charge in [0.25, 0.3) is 0 Å². The van der Waals surface area contributed by atoms with Crippen LogP contribution < -0.4 is 10.1 Å². The van der Waals surface area contributed by atoms with Crippen molar-refractivity contribution in [2.24, 2.45) is 0 Å². The summed E-state index contributed by atoms with van der Waals surface area (Å²) in [5.41, 5.74) is 0.